The van der Waals surface area contributed by atoms with Crippen molar-refractivity contribution in [2.24, 2.45) is 5.92 Å². The third-order valence-electron chi connectivity index (χ3n) is 7.26. The first kappa shape index (κ1) is 20.1. The second-order valence-corrected chi connectivity index (χ2v) is 8.88. The molecule has 1 saturated carbocycles. The van der Waals surface area contributed by atoms with Gasteiger partial charge in [-0.2, -0.15) is 5.26 Å². The molecule has 3 heteroatoms. The van der Waals surface area contributed by atoms with Crippen molar-refractivity contribution in [1.82, 2.24) is 10.2 Å². The van der Waals surface area contributed by atoms with Crippen molar-refractivity contribution in [2.75, 3.05) is 20.1 Å². The van der Waals surface area contributed by atoms with E-state index in [9.17, 15) is 5.26 Å². The Morgan fingerprint density at radius 3 is 2.21 bits per heavy atom. The Kier molecular flexibility index (Phi) is 6.33. The van der Waals surface area contributed by atoms with Crippen molar-refractivity contribution >= 4 is 0 Å². The van der Waals surface area contributed by atoms with E-state index in [1.54, 1.807) is 0 Å². The summed E-state index contributed by atoms with van der Waals surface area (Å²) in [5.41, 5.74) is 1.70. The van der Waals surface area contributed by atoms with Crippen LogP contribution in [0.4, 0.5) is 0 Å². The number of benzene rings is 2. The van der Waals surface area contributed by atoms with Gasteiger partial charge in [0.05, 0.1) is 6.07 Å². The molecule has 2 aliphatic rings. The van der Waals surface area contributed by atoms with Crippen LogP contribution in [0, 0.1) is 17.2 Å². The quantitative estimate of drug-likeness (QED) is 0.746. The summed E-state index contributed by atoms with van der Waals surface area (Å²) in [5.74, 6) is 0.337. The van der Waals surface area contributed by atoms with E-state index in [4.69, 9.17) is 0 Å². The smallest absolute Gasteiger partial charge is 0.110 e. The molecule has 2 aromatic carbocycles. The van der Waals surface area contributed by atoms with Crippen molar-refractivity contribution in [3.8, 4) is 6.07 Å². The second-order valence-electron chi connectivity index (χ2n) is 8.88. The van der Waals surface area contributed by atoms with Gasteiger partial charge in [0.15, 0.2) is 0 Å². The second kappa shape index (κ2) is 9.11. The molecular formula is C26H33N3. The summed E-state index contributed by atoms with van der Waals surface area (Å²) >= 11 is 0. The first-order valence-corrected chi connectivity index (χ1v) is 11.2. The zero-order chi connectivity index (χ0) is 20.1. The Hall–Kier alpha value is -2.15. The SMILES string of the molecule is CN1CCC[C@@H]1CCNC1CCC(C(C#N)(c2ccccc2)c2ccccc2)C1. The van der Waals surface area contributed by atoms with Crippen molar-refractivity contribution in [2.45, 2.75) is 56.0 Å². The molecule has 0 radical (unpaired) electrons. The van der Waals surface area contributed by atoms with Gasteiger partial charge in [-0.1, -0.05) is 60.7 Å². The van der Waals surface area contributed by atoms with E-state index in [1.807, 2.05) is 12.1 Å². The fourth-order valence-corrected chi connectivity index (χ4v) is 5.62. The molecule has 1 saturated heterocycles. The Balaban J connectivity index is 1.49. The van der Waals surface area contributed by atoms with Gasteiger partial charge < -0.3 is 10.2 Å². The molecule has 1 N–H and O–H groups in total. The zero-order valence-electron chi connectivity index (χ0n) is 17.6. The van der Waals surface area contributed by atoms with E-state index in [2.05, 4.69) is 71.9 Å². The van der Waals surface area contributed by atoms with Crippen LogP contribution in [0.3, 0.4) is 0 Å². The summed E-state index contributed by atoms with van der Waals surface area (Å²) in [7, 11) is 2.25. The van der Waals surface area contributed by atoms with E-state index in [1.165, 1.54) is 25.8 Å². The Morgan fingerprint density at radius 2 is 1.66 bits per heavy atom. The maximum Gasteiger partial charge on any atom is 0.110 e. The lowest BCUT2D eigenvalue weighted by molar-refractivity contribution is 0.289. The van der Waals surface area contributed by atoms with E-state index in [0.29, 0.717) is 12.0 Å². The van der Waals surface area contributed by atoms with E-state index in [0.717, 1.165) is 43.0 Å². The van der Waals surface area contributed by atoms with Crippen LogP contribution in [-0.2, 0) is 5.41 Å². The molecule has 152 valence electrons. The topological polar surface area (TPSA) is 39.1 Å². The van der Waals surface area contributed by atoms with Crippen LogP contribution < -0.4 is 5.32 Å². The van der Waals surface area contributed by atoms with Crippen LogP contribution in [0.2, 0.25) is 0 Å². The van der Waals surface area contributed by atoms with Gasteiger partial charge in [0.2, 0.25) is 0 Å². The van der Waals surface area contributed by atoms with Crippen molar-refractivity contribution in [1.29, 1.82) is 5.26 Å². The molecule has 0 bridgehead atoms. The molecule has 0 aromatic heterocycles. The Morgan fingerprint density at radius 1 is 1.00 bits per heavy atom. The minimum Gasteiger partial charge on any atom is -0.314 e. The lowest BCUT2D eigenvalue weighted by atomic mass is 9.66. The highest BCUT2D eigenvalue weighted by atomic mass is 15.1. The molecule has 0 amide bonds. The summed E-state index contributed by atoms with van der Waals surface area (Å²) in [4.78, 5) is 2.50. The third-order valence-corrected chi connectivity index (χ3v) is 7.26. The first-order valence-electron chi connectivity index (χ1n) is 11.2. The van der Waals surface area contributed by atoms with Crippen LogP contribution >= 0.6 is 0 Å². The average Bonchev–Trinajstić information content (AvgIpc) is 3.40. The molecule has 2 aromatic rings. The number of likely N-dealkylation sites (tertiary alicyclic amines) is 1. The predicted molar refractivity (Wildman–Crippen MR) is 119 cm³/mol. The average molecular weight is 388 g/mol. The fourth-order valence-electron chi connectivity index (χ4n) is 5.62. The Labute approximate surface area is 175 Å². The van der Waals surface area contributed by atoms with Crippen molar-refractivity contribution in [3.05, 3.63) is 71.8 Å². The van der Waals surface area contributed by atoms with E-state index in [-0.39, 0.29) is 0 Å². The summed E-state index contributed by atoms with van der Waals surface area (Å²) in [6, 6.07) is 24.9. The highest BCUT2D eigenvalue weighted by molar-refractivity contribution is 5.47. The van der Waals surface area contributed by atoms with Crippen LogP contribution in [-0.4, -0.2) is 37.1 Å². The minimum atomic E-state index is -0.565. The number of nitriles is 1. The van der Waals surface area contributed by atoms with E-state index >= 15 is 0 Å². The van der Waals surface area contributed by atoms with Gasteiger partial charge in [0, 0.05) is 12.1 Å². The molecule has 0 spiro atoms. The predicted octanol–water partition coefficient (Wildman–Crippen LogP) is 4.74. The number of rotatable bonds is 7. The number of hydrogen-bond acceptors (Lipinski definition) is 3. The number of hydrogen-bond donors (Lipinski definition) is 1. The highest BCUT2D eigenvalue weighted by Crippen LogP contribution is 2.46. The van der Waals surface area contributed by atoms with Gasteiger partial charge in [-0.05, 0) is 75.7 Å². The fraction of sp³-hybridized carbons (Fsp3) is 0.500. The molecule has 1 aliphatic carbocycles. The summed E-state index contributed by atoms with van der Waals surface area (Å²) < 4.78 is 0. The molecule has 1 aliphatic heterocycles. The van der Waals surface area contributed by atoms with Crippen LogP contribution in [0.25, 0.3) is 0 Å². The van der Waals surface area contributed by atoms with E-state index < -0.39 is 5.41 Å². The van der Waals surface area contributed by atoms with Gasteiger partial charge >= 0.3 is 0 Å². The van der Waals surface area contributed by atoms with Crippen molar-refractivity contribution in [3.63, 3.8) is 0 Å². The maximum absolute atomic E-state index is 10.5. The summed E-state index contributed by atoms with van der Waals surface area (Å²) in [6.07, 6.45) is 7.24. The first-order chi connectivity index (χ1) is 14.2. The summed E-state index contributed by atoms with van der Waals surface area (Å²) in [6.45, 7) is 2.33. The van der Waals surface area contributed by atoms with Gasteiger partial charge in [0.1, 0.15) is 5.41 Å². The van der Waals surface area contributed by atoms with Gasteiger partial charge in [-0.3, -0.25) is 0 Å². The van der Waals surface area contributed by atoms with Crippen molar-refractivity contribution < 1.29 is 0 Å². The number of nitrogens with one attached hydrogen (secondary N) is 1. The lowest BCUT2D eigenvalue weighted by Gasteiger charge is -2.34. The molecule has 4 rings (SSSR count). The van der Waals surface area contributed by atoms with Gasteiger partial charge in [0.25, 0.3) is 0 Å². The molecule has 29 heavy (non-hydrogen) atoms. The van der Waals surface area contributed by atoms with Gasteiger partial charge in [-0.15, -0.1) is 0 Å². The third kappa shape index (κ3) is 4.10. The van der Waals surface area contributed by atoms with Gasteiger partial charge in [-0.25, -0.2) is 0 Å². The maximum atomic E-state index is 10.5. The molecule has 3 nitrogen and oxygen atoms in total. The zero-order valence-corrected chi connectivity index (χ0v) is 17.6. The minimum absolute atomic E-state index is 0.337. The molecular weight excluding hydrogens is 354 g/mol. The molecule has 2 unspecified atom stereocenters. The van der Waals surface area contributed by atoms with Crippen LogP contribution in [0.1, 0.15) is 49.7 Å². The summed E-state index contributed by atoms with van der Waals surface area (Å²) in [5, 5.41) is 14.3. The van der Waals surface area contributed by atoms with Crippen LogP contribution in [0.15, 0.2) is 60.7 Å². The lowest BCUT2D eigenvalue weighted by Crippen LogP contribution is -2.36. The largest absolute Gasteiger partial charge is 0.314 e. The molecule has 1 heterocycles. The monoisotopic (exact) mass is 387 g/mol. The molecule has 3 atom stereocenters. The van der Waals surface area contributed by atoms with Crippen LogP contribution in [0.5, 0.6) is 0 Å². The highest BCUT2D eigenvalue weighted by Gasteiger charge is 2.45. The Bertz CT molecular complexity index is 771. The number of nitrogens with zero attached hydrogens (tertiary/aromatic N) is 2. The molecule has 2 fully saturated rings. The standard InChI is InChI=1S/C26H33N3/c1-29-18-8-13-25(29)16-17-28-24-15-14-23(19-24)26(20-27,21-9-4-2-5-10-21)22-11-6-3-7-12-22/h2-7,9-12,23-25,28H,8,13-19H2,1H3/t23?,24?,25-/m1/s1. The normalized spacial score (nSPS) is 25.2.